The molecule has 0 radical (unpaired) electrons. The quantitative estimate of drug-likeness (QED) is 0.701. The summed E-state index contributed by atoms with van der Waals surface area (Å²) in [6, 6.07) is 7.06. The van der Waals surface area contributed by atoms with Crippen LogP contribution in [0.2, 0.25) is 0 Å². The molecule has 1 aromatic rings. The van der Waals surface area contributed by atoms with E-state index in [1.807, 2.05) is 26.0 Å². The Kier molecular flexibility index (Phi) is 4.79. The van der Waals surface area contributed by atoms with Crippen LogP contribution in [-0.4, -0.2) is 24.1 Å². The number of phenolic OH excluding ortho intramolecular Hbond substituents is 1. The maximum atomic E-state index is 11.2. The second kappa shape index (κ2) is 6.12. The third-order valence-electron chi connectivity index (χ3n) is 2.35. The molecule has 0 aromatic heterocycles. The van der Waals surface area contributed by atoms with E-state index in [9.17, 15) is 9.90 Å². The van der Waals surface area contributed by atoms with Gasteiger partial charge in [-0.3, -0.25) is 4.79 Å². The monoisotopic (exact) mass is 222 g/mol. The van der Waals surface area contributed by atoms with Crippen molar-refractivity contribution in [2.24, 2.45) is 0 Å². The van der Waals surface area contributed by atoms with Gasteiger partial charge in [-0.2, -0.15) is 0 Å². The Morgan fingerprint density at radius 3 is 2.75 bits per heavy atom. The van der Waals surface area contributed by atoms with Crippen LogP contribution in [0.4, 0.5) is 0 Å². The standard InChI is InChI=1S/C12H18N2O2/c1-3-13-12(16)8-14-9(2)10-6-4-5-7-11(10)15/h4-7,9,14-15H,3,8H2,1-2H3,(H,13,16). The molecule has 16 heavy (non-hydrogen) atoms. The molecule has 0 aliphatic rings. The highest BCUT2D eigenvalue weighted by atomic mass is 16.3. The van der Waals surface area contributed by atoms with E-state index in [1.54, 1.807) is 12.1 Å². The largest absolute Gasteiger partial charge is 0.508 e. The zero-order valence-electron chi connectivity index (χ0n) is 9.66. The Morgan fingerprint density at radius 2 is 2.12 bits per heavy atom. The van der Waals surface area contributed by atoms with E-state index < -0.39 is 0 Å². The molecule has 0 saturated carbocycles. The molecule has 1 rings (SSSR count). The molecule has 0 bridgehead atoms. The normalized spacial score (nSPS) is 12.1. The Bertz CT molecular complexity index is 353. The van der Waals surface area contributed by atoms with E-state index in [1.165, 1.54) is 0 Å². The Morgan fingerprint density at radius 1 is 1.44 bits per heavy atom. The summed E-state index contributed by atoms with van der Waals surface area (Å²) in [5, 5.41) is 15.4. The van der Waals surface area contributed by atoms with Gasteiger partial charge in [0.05, 0.1) is 6.54 Å². The number of rotatable bonds is 5. The lowest BCUT2D eigenvalue weighted by Crippen LogP contribution is -2.34. The van der Waals surface area contributed by atoms with Crippen molar-refractivity contribution in [3.05, 3.63) is 29.8 Å². The zero-order valence-corrected chi connectivity index (χ0v) is 9.66. The summed E-state index contributed by atoms with van der Waals surface area (Å²) in [7, 11) is 0. The number of para-hydroxylation sites is 1. The van der Waals surface area contributed by atoms with Crippen LogP contribution in [-0.2, 0) is 4.79 Å². The Hall–Kier alpha value is -1.55. The Labute approximate surface area is 95.7 Å². The maximum absolute atomic E-state index is 11.2. The fourth-order valence-corrected chi connectivity index (χ4v) is 1.47. The van der Waals surface area contributed by atoms with Gasteiger partial charge in [0, 0.05) is 18.2 Å². The van der Waals surface area contributed by atoms with E-state index in [0.717, 1.165) is 5.56 Å². The molecule has 1 atom stereocenters. The molecule has 4 nitrogen and oxygen atoms in total. The van der Waals surface area contributed by atoms with Gasteiger partial charge in [-0.25, -0.2) is 0 Å². The van der Waals surface area contributed by atoms with Crippen molar-refractivity contribution < 1.29 is 9.90 Å². The van der Waals surface area contributed by atoms with Crippen LogP contribution >= 0.6 is 0 Å². The van der Waals surface area contributed by atoms with Crippen molar-refractivity contribution >= 4 is 5.91 Å². The highest BCUT2D eigenvalue weighted by molar-refractivity contribution is 5.77. The topological polar surface area (TPSA) is 61.4 Å². The minimum atomic E-state index is -0.0520. The third-order valence-corrected chi connectivity index (χ3v) is 2.35. The van der Waals surface area contributed by atoms with Crippen LogP contribution < -0.4 is 10.6 Å². The van der Waals surface area contributed by atoms with Crippen molar-refractivity contribution in [2.45, 2.75) is 19.9 Å². The lowest BCUT2D eigenvalue weighted by molar-refractivity contribution is -0.120. The highest BCUT2D eigenvalue weighted by Crippen LogP contribution is 2.22. The van der Waals surface area contributed by atoms with E-state index >= 15 is 0 Å². The van der Waals surface area contributed by atoms with Crippen LogP contribution in [0.15, 0.2) is 24.3 Å². The molecule has 4 heteroatoms. The molecular formula is C12H18N2O2. The first-order valence-corrected chi connectivity index (χ1v) is 5.43. The average molecular weight is 222 g/mol. The summed E-state index contributed by atoms with van der Waals surface area (Å²) in [5.74, 6) is 0.211. The first kappa shape index (κ1) is 12.5. The number of amides is 1. The van der Waals surface area contributed by atoms with Gasteiger partial charge in [-0.1, -0.05) is 18.2 Å². The van der Waals surface area contributed by atoms with E-state index in [4.69, 9.17) is 0 Å². The fourth-order valence-electron chi connectivity index (χ4n) is 1.47. The van der Waals surface area contributed by atoms with Crippen LogP contribution in [0, 0.1) is 0 Å². The van der Waals surface area contributed by atoms with Crippen molar-refractivity contribution in [1.82, 2.24) is 10.6 Å². The molecule has 0 aliphatic carbocycles. The molecule has 1 amide bonds. The zero-order chi connectivity index (χ0) is 12.0. The molecule has 88 valence electrons. The molecule has 0 fully saturated rings. The number of likely N-dealkylation sites (N-methyl/N-ethyl adjacent to an activating group) is 1. The van der Waals surface area contributed by atoms with Gasteiger partial charge >= 0.3 is 0 Å². The Balaban J connectivity index is 2.50. The first-order chi connectivity index (χ1) is 7.65. The van der Waals surface area contributed by atoms with E-state index in [2.05, 4.69) is 10.6 Å². The van der Waals surface area contributed by atoms with Gasteiger partial charge < -0.3 is 15.7 Å². The summed E-state index contributed by atoms with van der Waals surface area (Å²) in [6.45, 7) is 4.67. The summed E-state index contributed by atoms with van der Waals surface area (Å²) in [5.41, 5.74) is 0.798. The van der Waals surface area contributed by atoms with Gasteiger partial charge in [0.2, 0.25) is 5.91 Å². The molecule has 0 spiro atoms. The maximum Gasteiger partial charge on any atom is 0.233 e. The van der Waals surface area contributed by atoms with Crippen LogP contribution in [0.5, 0.6) is 5.75 Å². The van der Waals surface area contributed by atoms with Gasteiger partial charge in [0.25, 0.3) is 0 Å². The second-order valence-electron chi connectivity index (χ2n) is 3.61. The number of aromatic hydroxyl groups is 1. The van der Waals surface area contributed by atoms with Crippen LogP contribution in [0.3, 0.4) is 0 Å². The number of nitrogens with one attached hydrogen (secondary N) is 2. The lowest BCUT2D eigenvalue weighted by atomic mass is 10.1. The first-order valence-electron chi connectivity index (χ1n) is 5.43. The van der Waals surface area contributed by atoms with Gasteiger partial charge in [-0.05, 0) is 19.9 Å². The number of phenols is 1. The van der Waals surface area contributed by atoms with Crippen molar-refractivity contribution in [3.8, 4) is 5.75 Å². The summed E-state index contributed by atoms with van der Waals surface area (Å²) in [4.78, 5) is 11.2. The minimum absolute atomic E-state index is 0.0372. The number of hydrogen-bond acceptors (Lipinski definition) is 3. The predicted octanol–water partition coefficient (Wildman–Crippen LogP) is 1.18. The third kappa shape index (κ3) is 3.55. The van der Waals surface area contributed by atoms with E-state index in [-0.39, 0.29) is 24.2 Å². The van der Waals surface area contributed by atoms with Gasteiger partial charge in [0.15, 0.2) is 0 Å². The fraction of sp³-hybridized carbons (Fsp3) is 0.417. The number of carbonyl (C=O) groups is 1. The molecule has 1 aromatic carbocycles. The van der Waals surface area contributed by atoms with Crippen molar-refractivity contribution in [3.63, 3.8) is 0 Å². The molecule has 3 N–H and O–H groups in total. The van der Waals surface area contributed by atoms with Crippen LogP contribution in [0.1, 0.15) is 25.5 Å². The highest BCUT2D eigenvalue weighted by Gasteiger charge is 2.10. The number of benzene rings is 1. The van der Waals surface area contributed by atoms with E-state index in [0.29, 0.717) is 6.54 Å². The SMILES string of the molecule is CCNC(=O)CNC(C)c1ccccc1O. The summed E-state index contributed by atoms with van der Waals surface area (Å²) in [6.07, 6.45) is 0. The minimum Gasteiger partial charge on any atom is -0.508 e. The summed E-state index contributed by atoms with van der Waals surface area (Å²) >= 11 is 0. The van der Waals surface area contributed by atoms with Crippen molar-refractivity contribution in [2.75, 3.05) is 13.1 Å². The number of carbonyl (C=O) groups excluding carboxylic acids is 1. The van der Waals surface area contributed by atoms with Crippen molar-refractivity contribution in [1.29, 1.82) is 0 Å². The number of hydrogen-bond donors (Lipinski definition) is 3. The predicted molar refractivity (Wildman–Crippen MR) is 63.2 cm³/mol. The summed E-state index contributed by atoms with van der Waals surface area (Å²) < 4.78 is 0. The molecule has 0 aliphatic heterocycles. The van der Waals surface area contributed by atoms with Crippen LogP contribution in [0.25, 0.3) is 0 Å². The molecule has 0 saturated heterocycles. The average Bonchev–Trinajstić information content (AvgIpc) is 2.27. The van der Waals surface area contributed by atoms with Gasteiger partial charge in [0.1, 0.15) is 5.75 Å². The smallest absolute Gasteiger partial charge is 0.233 e. The molecular weight excluding hydrogens is 204 g/mol. The molecule has 0 heterocycles. The van der Waals surface area contributed by atoms with Gasteiger partial charge in [-0.15, -0.1) is 0 Å². The lowest BCUT2D eigenvalue weighted by Gasteiger charge is -2.15. The molecule has 1 unspecified atom stereocenters. The second-order valence-corrected chi connectivity index (χ2v) is 3.61.